The zero-order chi connectivity index (χ0) is 25.8. The predicted octanol–water partition coefficient (Wildman–Crippen LogP) is 4.71. The molecule has 2 fully saturated rings. The monoisotopic (exact) mass is 493 g/mol. The molecule has 3 unspecified atom stereocenters. The third-order valence-electron chi connectivity index (χ3n) is 6.87. The summed E-state index contributed by atoms with van der Waals surface area (Å²) in [5.41, 5.74) is 0.752. The number of ether oxygens (including phenoxy) is 2. The molecule has 2 rings (SSSR count). The summed E-state index contributed by atoms with van der Waals surface area (Å²) in [7, 11) is 3.54. The molecule has 3 atom stereocenters. The van der Waals surface area contributed by atoms with Crippen LogP contribution in [0.15, 0.2) is 11.8 Å². The van der Waals surface area contributed by atoms with Crippen LogP contribution >= 0.6 is 0 Å². The molecular formula is C25H46F3N3O3. The van der Waals surface area contributed by atoms with E-state index in [-0.39, 0.29) is 29.2 Å². The van der Waals surface area contributed by atoms with Crippen LogP contribution in [0.3, 0.4) is 0 Å². The molecule has 34 heavy (non-hydrogen) atoms. The van der Waals surface area contributed by atoms with Gasteiger partial charge in [0.2, 0.25) is 5.91 Å². The quantitative estimate of drug-likeness (QED) is 0.412. The average molecular weight is 494 g/mol. The van der Waals surface area contributed by atoms with Crippen molar-refractivity contribution in [3.63, 3.8) is 0 Å². The van der Waals surface area contributed by atoms with E-state index in [0.717, 1.165) is 57.4 Å². The normalized spacial score (nSPS) is 22.9. The average Bonchev–Trinajstić information content (AvgIpc) is 3.51. The second-order valence-corrected chi connectivity index (χ2v) is 9.81. The maximum Gasteiger partial charge on any atom is 0.522 e. The first-order chi connectivity index (χ1) is 16.0. The van der Waals surface area contributed by atoms with Gasteiger partial charge in [0.05, 0.1) is 6.61 Å². The third-order valence-corrected chi connectivity index (χ3v) is 6.87. The van der Waals surface area contributed by atoms with Gasteiger partial charge in [0.1, 0.15) is 0 Å². The molecule has 0 heterocycles. The van der Waals surface area contributed by atoms with Crippen molar-refractivity contribution in [2.24, 2.45) is 17.8 Å². The number of carbonyl (C=O) groups is 1. The fourth-order valence-corrected chi connectivity index (χ4v) is 4.40. The smallest absolute Gasteiger partial charge is 0.385 e. The van der Waals surface area contributed by atoms with Crippen molar-refractivity contribution in [3.05, 3.63) is 11.8 Å². The summed E-state index contributed by atoms with van der Waals surface area (Å²) >= 11 is 0. The highest BCUT2D eigenvalue weighted by atomic mass is 19.4. The van der Waals surface area contributed by atoms with Crippen LogP contribution in [0.5, 0.6) is 0 Å². The minimum atomic E-state index is -4.62. The Hall–Kier alpha value is -1.32. The number of hydrogen-bond donors (Lipinski definition) is 2. The molecule has 1 amide bonds. The Morgan fingerprint density at radius 3 is 2.41 bits per heavy atom. The first kappa shape index (κ1) is 30.7. The summed E-state index contributed by atoms with van der Waals surface area (Å²) < 4.78 is 45.3. The van der Waals surface area contributed by atoms with Crippen molar-refractivity contribution < 1.29 is 27.4 Å². The molecule has 2 saturated carbocycles. The number of halogens is 3. The first-order valence-electron chi connectivity index (χ1n) is 12.5. The summed E-state index contributed by atoms with van der Waals surface area (Å²) in [6.07, 6.45) is 3.10. The van der Waals surface area contributed by atoms with E-state index in [9.17, 15) is 18.0 Å². The summed E-state index contributed by atoms with van der Waals surface area (Å²) in [6.45, 7) is 10.5. The van der Waals surface area contributed by atoms with E-state index in [1.165, 1.54) is 6.08 Å². The molecule has 9 heteroatoms. The van der Waals surface area contributed by atoms with Crippen molar-refractivity contribution in [1.29, 1.82) is 0 Å². The minimum Gasteiger partial charge on any atom is -0.385 e. The fourth-order valence-electron chi connectivity index (χ4n) is 4.40. The number of carbonyl (C=O) groups excluding carboxylic acids is 1. The van der Waals surface area contributed by atoms with Gasteiger partial charge in [-0.15, -0.1) is 13.2 Å². The molecule has 200 valence electrons. The van der Waals surface area contributed by atoms with E-state index in [1.54, 1.807) is 7.11 Å². The Bertz CT molecular complexity index is 622. The highest BCUT2D eigenvalue weighted by Gasteiger charge is 2.42. The summed E-state index contributed by atoms with van der Waals surface area (Å²) in [5, 5.41) is 6.34. The number of allylic oxidation sites excluding steroid dienone is 1. The summed E-state index contributed by atoms with van der Waals surface area (Å²) in [5.74, 6) is 0.753. The number of nitrogens with one attached hydrogen (secondary N) is 2. The van der Waals surface area contributed by atoms with Crippen molar-refractivity contribution in [2.45, 2.75) is 78.1 Å². The van der Waals surface area contributed by atoms with Crippen molar-refractivity contribution in [2.75, 3.05) is 47.0 Å². The van der Waals surface area contributed by atoms with Gasteiger partial charge in [-0.1, -0.05) is 19.8 Å². The Labute approximate surface area is 204 Å². The van der Waals surface area contributed by atoms with Gasteiger partial charge in [0.15, 0.2) is 0 Å². The number of alkyl halides is 3. The summed E-state index contributed by atoms with van der Waals surface area (Å²) in [4.78, 5) is 15.0. The van der Waals surface area contributed by atoms with E-state index in [0.29, 0.717) is 13.1 Å². The third kappa shape index (κ3) is 11.9. The van der Waals surface area contributed by atoms with Crippen LogP contribution < -0.4 is 10.6 Å². The summed E-state index contributed by atoms with van der Waals surface area (Å²) in [6, 6.07) is 0. The highest BCUT2D eigenvalue weighted by molar-refractivity contribution is 5.80. The molecule has 0 aliphatic heterocycles. The maximum atomic E-state index is 12.9. The molecule has 0 bridgehead atoms. The number of amides is 1. The van der Waals surface area contributed by atoms with Crippen molar-refractivity contribution in [1.82, 2.24) is 15.5 Å². The van der Waals surface area contributed by atoms with Gasteiger partial charge in [-0.25, -0.2) is 0 Å². The lowest BCUT2D eigenvalue weighted by Gasteiger charge is -2.38. The molecule has 0 aromatic heterocycles. The first-order valence-corrected chi connectivity index (χ1v) is 12.5. The van der Waals surface area contributed by atoms with Crippen LogP contribution in [0.4, 0.5) is 13.2 Å². The largest absolute Gasteiger partial charge is 0.522 e. The minimum absolute atomic E-state index is 0.0149. The van der Waals surface area contributed by atoms with Gasteiger partial charge in [0.25, 0.3) is 0 Å². The predicted molar refractivity (Wildman–Crippen MR) is 129 cm³/mol. The SMILES string of the molecule is CCOC.CNCCN(CC(C)C1CCCCC1C(=O)NC1(C)CC1)/C(C)=C/COC(F)(F)F. The highest BCUT2D eigenvalue weighted by Crippen LogP contribution is 2.39. The number of likely N-dealkylation sites (N-methyl/N-ethyl adjacent to an activating group) is 1. The zero-order valence-corrected chi connectivity index (χ0v) is 21.9. The van der Waals surface area contributed by atoms with Crippen LogP contribution in [0, 0.1) is 17.8 Å². The van der Waals surface area contributed by atoms with Gasteiger partial charge < -0.3 is 20.3 Å². The molecule has 2 aliphatic carbocycles. The van der Waals surface area contributed by atoms with Crippen LogP contribution in [-0.4, -0.2) is 69.7 Å². The Morgan fingerprint density at radius 1 is 1.26 bits per heavy atom. The van der Waals surface area contributed by atoms with Crippen LogP contribution in [0.25, 0.3) is 0 Å². The van der Waals surface area contributed by atoms with E-state index < -0.39 is 13.0 Å². The molecule has 2 aliphatic rings. The van der Waals surface area contributed by atoms with Gasteiger partial charge in [-0.2, -0.15) is 0 Å². The Balaban J connectivity index is 0.00000133. The molecule has 6 nitrogen and oxygen atoms in total. The second-order valence-electron chi connectivity index (χ2n) is 9.81. The van der Waals surface area contributed by atoms with Crippen molar-refractivity contribution in [3.8, 4) is 0 Å². The van der Waals surface area contributed by atoms with Crippen molar-refractivity contribution >= 4 is 5.91 Å². The maximum absolute atomic E-state index is 12.9. The number of nitrogens with zero attached hydrogens (tertiary/aromatic N) is 1. The second kappa shape index (κ2) is 14.9. The van der Waals surface area contributed by atoms with E-state index in [1.807, 2.05) is 20.9 Å². The zero-order valence-electron chi connectivity index (χ0n) is 21.9. The van der Waals surface area contributed by atoms with E-state index in [2.05, 4.69) is 38.9 Å². The van der Waals surface area contributed by atoms with E-state index >= 15 is 0 Å². The molecule has 0 aromatic carbocycles. The fraction of sp³-hybridized carbons (Fsp3) is 0.880. The van der Waals surface area contributed by atoms with Crippen LogP contribution in [-0.2, 0) is 14.3 Å². The Kier molecular flexibility index (Phi) is 13.5. The molecule has 0 spiro atoms. The van der Waals surface area contributed by atoms with Gasteiger partial charge >= 0.3 is 6.36 Å². The van der Waals surface area contributed by atoms with Crippen LogP contribution in [0.1, 0.15) is 66.2 Å². The number of rotatable bonds is 12. The van der Waals surface area contributed by atoms with Gasteiger partial charge in [0, 0.05) is 50.5 Å². The van der Waals surface area contributed by atoms with E-state index in [4.69, 9.17) is 0 Å². The standard InChI is InChI=1S/C22H38F3N3O2.C3H8O/c1-16(15-28(13-12-26-4)17(2)9-14-30-22(23,24)25)18-7-5-6-8-19(18)20(29)27-21(3)10-11-21;1-3-4-2/h9,16,18-19,26H,5-8,10-15H2,1-4H3,(H,27,29);3H2,1-2H3/b17-9+;. The lowest BCUT2D eigenvalue weighted by Crippen LogP contribution is -2.45. The molecule has 0 radical (unpaired) electrons. The molecule has 0 saturated heterocycles. The molecule has 2 N–H and O–H groups in total. The molecule has 0 aromatic rings. The van der Waals surface area contributed by atoms with Gasteiger partial charge in [-0.05, 0) is 71.4 Å². The van der Waals surface area contributed by atoms with Gasteiger partial charge in [-0.3, -0.25) is 9.53 Å². The number of hydrogen-bond acceptors (Lipinski definition) is 5. The topological polar surface area (TPSA) is 62.8 Å². The Morgan fingerprint density at radius 2 is 1.88 bits per heavy atom. The lowest BCUT2D eigenvalue weighted by molar-refractivity contribution is -0.319. The lowest BCUT2D eigenvalue weighted by atomic mass is 9.72. The van der Waals surface area contributed by atoms with Crippen LogP contribution in [0.2, 0.25) is 0 Å². The number of methoxy groups -OCH3 is 1. The molecular weight excluding hydrogens is 447 g/mol.